The third-order valence-corrected chi connectivity index (χ3v) is 6.75. The summed E-state index contributed by atoms with van der Waals surface area (Å²) >= 11 is 1.38. The lowest BCUT2D eigenvalue weighted by atomic mass is 10.0. The number of thiazole rings is 1. The van der Waals surface area contributed by atoms with Gasteiger partial charge in [0.15, 0.2) is 5.03 Å². The first-order chi connectivity index (χ1) is 10.1. The number of hydrogen-bond acceptors (Lipinski definition) is 4. The summed E-state index contributed by atoms with van der Waals surface area (Å²) in [4.78, 5) is 4.88. The van der Waals surface area contributed by atoms with Gasteiger partial charge in [0.25, 0.3) is 10.0 Å². The van der Waals surface area contributed by atoms with E-state index in [1.165, 1.54) is 11.3 Å². The van der Waals surface area contributed by atoms with Crippen LogP contribution in [0.1, 0.15) is 19.8 Å². The van der Waals surface area contributed by atoms with E-state index in [2.05, 4.69) is 11.9 Å². The first-order valence-corrected chi connectivity index (χ1v) is 9.40. The Morgan fingerprint density at radius 3 is 2.52 bits per heavy atom. The second-order valence-electron chi connectivity index (χ2n) is 5.44. The highest BCUT2D eigenvalue weighted by atomic mass is 32.2. The Hall–Kier alpha value is -1.24. The molecule has 0 amide bonds. The van der Waals surface area contributed by atoms with Crippen molar-refractivity contribution in [1.29, 1.82) is 0 Å². The third-order valence-electron chi connectivity index (χ3n) is 3.90. The summed E-state index contributed by atoms with van der Waals surface area (Å²) in [6.07, 6.45) is 1.84. The molecule has 0 saturated carbocycles. The van der Waals surface area contributed by atoms with Crippen molar-refractivity contribution >= 4 is 21.4 Å². The number of sulfonamides is 1. The van der Waals surface area contributed by atoms with Crippen LogP contribution in [0.15, 0.2) is 40.9 Å². The van der Waals surface area contributed by atoms with Crippen molar-refractivity contribution in [3.8, 4) is 10.4 Å². The van der Waals surface area contributed by atoms with Gasteiger partial charge in [-0.1, -0.05) is 37.3 Å². The number of rotatable bonds is 3. The van der Waals surface area contributed by atoms with E-state index >= 15 is 0 Å². The first kappa shape index (κ1) is 14.7. The van der Waals surface area contributed by atoms with Gasteiger partial charge in [0.2, 0.25) is 0 Å². The first-order valence-electron chi connectivity index (χ1n) is 7.08. The zero-order chi connectivity index (χ0) is 14.9. The Labute approximate surface area is 129 Å². The largest absolute Gasteiger partial charge is 0.262 e. The average Bonchev–Trinajstić information content (AvgIpc) is 2.99. The molecule has 0 unspecified atom stereocenters. The van der Waals surface area contributed by atoms with Crippen LogP contribution in [-0.4, -0.2) is 30.8 Å². The van der Waals surface area contributed by atoms with E-state index in [9.17, 15) is 8.42 Å². The predicted molar refractivity (Wildman–Crippen MR) is 84.7 cm³/mol. The standard InChI is InChI=1S/C15H18N2O2S2/c1-12-7-9-17(10-8-12)21(18,19)15-14(20-11-16-15)13-5-3-2-4-6-13/h2-6,11-12H,7-10H2,1H3. The lowest BCUT2D eigenvalue weighted by molar-refractivity contribution is 0.287. The summed E-state index contributed by atoms with van der Waals surface area (Å²) in [7, 11) is -3.49. The fraction of sp³-hybridized carbons (Fsp3) is 0.400. The van der Waals surface area contributed by atoms with Crippen LogP contribution in [0.3, 0.4) is 0 Å². The molecule has 1 aliphatic rings. The molecule has 6 heteroatoms. The number of hydrogen-bond donors (Lipinski definition) is 0. The normalized spacial score (nSPS) is 18.0. The molecular formula is C15H18N2O2S2. The van der Waals surface area contributed by atoms with Crippen molar-refractivity contribution in [3.63, 3.8) is 0 Å². The molecule has 1 fully saturated rings. The van der Waals surface area contributed by atoms with Crippen LogP contribution >= 0.6 is 11.3 Å². The smallest absolute Gasteiger partial charge is 0.231 e. The molecule has 0 bridgehead atoms. The molecule has 0 radical (unpaired) electrons. The van der Waals surface area contributed by atoms with Gasteiger partial charge in [0.1, 0.15) is 0 Å². The minimum Gasteiger partial charge on any atom is -0.231 e. The minimum absolute atomic E-state index is 0.202. The molecule has 0 N–H and O–H groups in total. The van der Waals surface area contributed by atoms with Gasteiger partial charge in [-0.05, 0) is 24.3 Å². The monoisotopic (exact) mass is 322 g/mol. The molecule has 3 rings (SSSR count). The van der Waals surface area contributed by atoms with Crippen LogP contribution in [0.25, 0.3) is 10.4 Å². The van der Waals surface area contributed by atoms with Gasteiger partial charge < -0.3 is 0 Å². The van der Waals surface area contributed by atoms with Gasteiger partial charge in [-0.3, -0.25) is 0 Å². The molecule has 21 heavy (non-hydrogen) atoms. The zero-order valence-corrected chi connectivity index (χ0v) is 13.5. The Kier molecular flexibility index (Phi) is 4.10. The molecule has 0 atom stereocenters. The van der Waals surface area contributed by atoms with Crippen LogP contribution in [0.5, 0.6) is 0 Å². The van der Waals surface area contributed by atoms with E-state index in [4.69, 9.17) is 0 Å². The molecule has 0 spiro atoms. The molecule has 4 nitrogen and oxygen atoms in total. The van der Waals surface area contributed by atoms with Crippen molar-refractivity contribution < 1.29 is 8.42 Å². The number of aromatic nitrogens is 1. The van der Waals surface area contributed by atoms with E-state index < -0.39 is 10.0 Å². The summed E-state index contributed by atoms with van der Waals surface area (Å²) in [6, 6.07) is 9.59. The Morgan fingerprint density at radius 1 is 1.19 bits per heavy atom. The summed E-state index contributed by atoms with van der Waals surface area (Å²) in [5.74, 6) is 0.598. The van der Waals surface area contributed by atoms with Crippen LogP contribution in [-0.2, 0) is 10.0 Å². The molecule has 112 valence electrons. The van der Waals surface area contributed by atoms with Gasteiger partial charge in [-0.25, -0.2) is 13.4 Å². The second-order valence-corrected chi connectivity index (χ2v) is 8.15. The maximum absolute atomic E-state index is 12.8. The summed E-state index contributed by atoms with van der Waals surface area (Å²) in [5, 5.41) is 0.202. The van der Waals surface area contributed by atoms with Crippen LogP contribution < -0.4 is 0 Å². The highest BCUT2D eigenvalue weighted by Gasteiger charge is 2.32. The van der Waals surface area contributed by atoms with Crippen molar-refractivity contribution in [3.05, 3.63) is 35.8 Å². The number of benzene rings is 1. The zero-order valence-electron chi connectivity index (χ0n) is 11.9. The summed E-state index contributed by atoms with van der Waals surface area (Å²) < 4.78 is 27.2. The fourth-order valence-corrected chi connectivity index (χ4v) is 5.24. The van der Waals surface area contributed by atoms with E-state index in [0.29, 0.717) is 19.0 Å². The molecule has 1 aliphatic heterocycles. The lowest BCUT2D eigenvalue weighted by Gasteiger charge is -2.29. The SMILES string of the molecule is CC1CCN(S(=O)(=O)c2ncsc2-c2ccccc2)CC1. The molecule has 2 heterocycles. The topological polar surface area (TPSA) is 50.3 Å². The third kappa shape index (κ3) is 2.88. The van der Waals surface area contributed by atoms with E-state index in [1.54, 1.807) is 9.82 Å². The average molecular weight is 322 g/mol. The van der Waals surface area contributed by atoms with Crippen LogP contribution in [0.2, 0.25) is 0 Å². The van der Waals surface area contributed by atoms with Crippen molar-refractivity contribution in [2.45, 2.75) is 24.8 Å². The van der Waals surface area contributed by atoms with Crippen molar-refractivity contribution in [2.75, 3.05) is 13.1 Å². The minimum atomic E-state index is -3.49. The molecular weight excluding hydrogens is 304 g/mol. The molecule has 1 saturated heterocycles. The molecule has 1 aromatic heterocycles. The van der Waals surface area contributed by atoms with Crippen molar-refractivity contribution in [1.82, 2.24) is 9.29 Å². The lowest BCUT2D eigenvalue weighted by Crippen LogP contribution is -2.38. The molecule has 1 aromatic carbocycles. The second kappa shape index (κ2) is 5.87. The van der Waals surface area contributed by atoms with Gasteiger partial charge in [-0.2, -0.15) is 4.31 Å². The van der Waals surface area contributed by atoms with E-state index in [-0.39, 0.29) is 5.03 Å². The van der Waals surface area contributed by atoms with Crippen LogP contribution in [0, 0.1) is 5.92 Å². The van der Waals surface area contributed by atoms with E-state index in [1.807, 2.05) is 30.3 Å². The number of nitrogens with zero attached hydrogens (tertiary/aromatic N) is 2. The Morgan fingerprint density at radius 2 is 1.86 bits per heavy atom. The van der Waals surface area contributed by atoms with Crippen LogP contribution in [0.4, 0.5) is 0 Å². The summed E-state index contributed by atoms with van der Waals surface area (Å²) in [6.45, 7) is 3.35. The van der Waals surface area contributed by atoms with Gasteiger partial charge in [-0.15, -0.1) is 11.3 Å². The van der Waals surface area contributed by atoms with Gasteiger partial charge in [0, 0.05) is 13.1 Å². The molecule has 2 aromatic rings. The van der Waals surface area contributed by atoms with Gasteiger partial charge in [0.05, 0.1) is 10.4 Å². The Balaban J connectivity index is 1.96. The highest BCUT2D eigenvalue weighted by molar-refractivity contribution is 7.89. The number of piperidine rings is 1. The fourth-order valence-electron chi connectivity index (χ4n) is 2.55. The summed E-state index contributed by atoms with van der Waals surface area (Å²) in [5.41, 5.74) is 2.52. The van der Waals surface area contributed by atoms with E-state index in [0.717, 1.165) is 23.3 Å². The maximum Gasteiger partial charge on any atom is 0.262 e. The predicted octanol–water partition coefficient (Wildman–Crippen LogP) is 3.23. The Bertz CT molecular complexity index is 702. The van der Waals surface area contributed by atoms with Crippen molar-refractivity contribution in [2.24, 2.45) is 5.92 Å². The van der Waals surface area contributed by atoms with Gasteiger partial charge >= 0.3 is 0 Å². The maximum atomic E-state index is 12.8. The highest BCUT2D eigenvalue weighted by Crippen LogP contribution is 2.33. The molecule has 0 aliphatic carbocycles. The quantitative estimate of drug-likeness (QED) is 0.872.